The lowest BCUT2D eigenvalue weighted by atomic mass is 10.1. The number of aryl methyl sites for hydroxylation is 2. The first-order chi connectivity index (χ1) is 10.1. The number of carbonyl (C=O) groups is 1. The number of carbonyl (C=O) groups excluding carboxylic acids is 1. The summed E-state index contributed by atoms with van der Waals surface area (Å²) in [6.07, 6.45) is 2.73. The number of hydrogen-bond donors (Lipinski definition) is 1. The molecule has 2 aromatic rings. The van der Waals surface area contributed by atoms with Gasteiger partial charge in [-0.3, -0.25) is 9.79 Å². The van der Waals surface area contributed by atoms with Gasteiger partial charge in [0.25, 0.3) is 5.91 Å². The molecule has 0 fully saturated rings. The maximum Gasteiger partial charge on any atom is 0.255 e. The third-order valence-electron chi connectivity index (χ3n) is 3.19. The Morgan fingerprint density at radius 3 is 2.52 bits per heavy atom. The predicted molar refractivity (Wildman–Crippen MR) is 88.8 cm³/mol. The number of hydrogen-bond acceptors (Lipinski definition) is 2. The van der Waals surface area contributed by atoms with Crippen LogP contribution in [0.4, 0.5) is 11.4 Å². The molecule has 3 heteroatoms. The number of anilines is 1. The van der Waals surface area contributed by atoms with Gasteiger partial charge in [-0.15, -0.1) is 0 Å². The molecule has 0 atom stereocenters. The van der Waals surface area contributed by atoms with Crippen molar-refractivity contribution < 1.29 is 4.79 Å². The normalized spacial score (nSPS) is 10.8. The van der Waals surface area contributed by atoms with Crippen LogP contribution in [0.5, 0.6) is 0 Å². The summed E-state index contributed by atoms with van der Waals surface area (Å²) in [6.45, 7) is 6.04. The van der Waals surface area contributed by atoms with E-state index in [1.165, 1.54) is 5.56 Å². The van der Waals surface area contributed by atoms with Crippen LogP contribution in [-0.4, -0.2) is 12.1 Å². The summed E-state index contributed by atoms with van der Waals surface area (Å²) in [5.41, 5.74) is 4.48. The highest BCUT2D eigenvalue weighted by Crippen LogP contribution is 2.21. The van der Waals surface area contributed by atoms with Crippen LogP contribution in [0.2, 0.25) is 0 Å². The zero-order valence-corrected chi connectivity index (χ0v) is 12.7. The van der Waals surface area contributed by atoms with Crippen LogP contribution in [0.3, 0.4) is 0 Å². The molecule has 0 heterocycles. The minimum absolute atomic E-state index is 0.119. The molecule has 0 saturated heterocycles. The molecular weight excluding hydrogens is 260 g/mol. The molecule has 3 nitrogen and oxygen atoms in total. The van der Waals surface area contributed by atoms with Crippen molar-refractivity contribution in [1.29, 1.82) is 0 Å². The minimum atomic E-state index is -0.119. The molecule has 0 bridgehead atoms. The zero-order chi connectivity index (χ0) is 15.2. The van der Waals surface area contributed by atoms with E-state index in [1.54, 1.807) is 0 Å². The van der Waals surface area contributed by atoms with Crippen LogP contribution in [-0.2, 0) is 0 Å². The van der Waals surface area contributed by atoms with Gasteiger partial charge in [0.1, 0.15) is 0 Å². The smallest absolute Gasteiger partial charge is 0.255 e. The van der Waals surface area contributed by atoms with Gasteiger partial charge >= 0.3 is 0 Å². The van der Waals surface area contributed by atoms with Crippen molar-refractivity contribution in [3.05, 3.63) is 59.2 Å². The molecule has 21 heavy (non-hydrogen) atoms. The van der Waals surface area contributed by atoms with Crippen LogP contribution < -0.4 is 5.32 Å². The third kappa shape index (κ3) is 4.02. The average Bonchev–Trinajstić information content (AvgIpc) is 2.48. The molecule has 0 aliphatic carbocycles. The Balaban J connectivity index is 2.19. The first-order valence-electron chi connectivity index (χ1n) is 7.11. The number of nitrogens with one attached hydrogen (secondary N) is 1. The third-order valence-corrected chi connectivity index (χ3v) is 3.19. The number of rotatable bonds is 4. The molecule has 0 unspecified atom stereocenters. The Morgan fingerprint density at radius 1 is 1.14 bits per heavy atom. The summed E-state index contributed by atoms with van der Waals surface area (Å²) in [5.74, 6) is -0.119. The van der Waals surface area contributed by atoms with E-state index in [4.69, 9.17) is 0 Å². The Labute approximate surface area is 125 Å². The zero-order valence-electron chi connectivity index (χ0n) is 12.7. The molecule has 0 radical (unpaired) electrons. The summed E-state index contributed by atoms with van der Waals surface area (Å²) in [4.78, 5) is 16.7. The fourth-order valence-corrected chi connectivity index (χ4v) is 1.92. The fraction of sp³-hybridized carbons (Fsp3) is 0.222. The van der Waals surface area contributed by atoms with E-state index in [0.717, 1.165) is 23.4 Å². The topological polar surface area (TPSA) is 41.5 Å². The number of aliphatic imine (C=N–C) groups is 1. The van der Waals surface area contributed by atoms with E-state index in [0.29, 0.717) is 5.56 Å². The van der Waals surface area contributed by atoms with Gasteiger partial charge in [0, 0.05) is 17.5 Å². The van der Waals surface area contributed by atoms with Gasteiger partial charge in [0.15, 0.2) is 0 Å². The Morgan fingerprint density at radius 2 is 1.86 bits per heavy atom. The second-order valence-electron chi connectivity index (χ2n) is 5.04. The Bertz CT molecular complexity index is 657. The highest BCUT2D eigenvalue weighted by molar-refractivity contribution is 6.04. The molecule has 0 saturated carbocycles. The Kier molecular flexibility index (Phi) is 4.88. The van der Waals surface area contributed by atoms with Crippen molar-refractivity contribution >= 4 is 23.5 Å². The summed E-state index contributed by atoms with van der Waals surface area (Å²) in [7, 11) is 0. The van der Waals surface area contributed by atoms with E-state index >= 15 is 0 Å². The minimum Gasteiger partial charge on any atom is -0.322 e. The van der Waals surface area contributed by atoms with Crippen molar-refractivity contribution in [2.24, 2.45) is 4.99 Å². The lowest BCUT2D eigenvalue weighted by Gasteiger charge is -2.07. The largest absolute Gasteiger partial charge is 0.322 e. The SMILES string of the molecule is CCC=Nc1cc(C(=O)Nc2ccc(C)cc2)ccc1C. The highest BCUT2D eigenvalue weighted by Gasteiger charge is 2.08. The summed E-state index contributed by atoms with van der Waals surface area (Å²) >= 11 is 0. The summed E-state index contributed by atoms with van der Waals surface area (Å²) in [5, 5.41) is 2.90. The first-order valence-corrected chi connectivity index (χ1v) is 7.11. The maximum atomic E-state index is 12.3. The molecular formula is C18H20N2O. The lowest BCUT2D eigenvalue weighted by Crippen LogP contribution is -2.11. The first kappa shape index (κ1) is 15.0. The van der Waals surface area contributed by atoms with Crippen LogP contribution in [0.25, 0.3) is 0 Å². The lowest BCUT2D eigenvalue weighted by molar-refractivity contribution is 0.102. The van der Waals surface area contributed by atoms with Gasteiger partial charge in [-0.1, -0.05) is 30.7 Å². The summed E-state index contributed by atoms with van der Waals surface area (Å²) in [6, 6.07) is 13.3. The van der Waals surface area contributed by atoms with Gasteiger partial charge in [0.05, 0.1) is 5.69 Å². The van der Waals surface area contributed by atoms with E-state index in [2.05, 4.69) is 10.3 Å². The van der Waals surface area contributed by atoms with Crippen molar-refractivity contribution in [2.75, 3.05) is 5.32 Å². The number of benzene rings is 2. The van der Waals surface area contributed by atoms with Crippen molar-refractivity contribution in [3.63, 3.8) is 0 Å². The van der Waals surface area contributed by atoms with Crippen LogP contribution in [0.15, 0.2) is 47.5 Å². The average molecular weight is 280 g/mol. The van der Waals surface area contributed by atoms with E-state index in [1.807, 2.05) is 69.5 Å². The maximum absolute atomic E-state index is 12.3. The standard InChI is InChI=1S/C18H20N2O/c1-4-11-19-17-12-15(8-7-14(17)3)18(21)20-16-9-5-13(2)6-10-16/h5-12H,4H2,1-3H3,(H,20,21). The molecule has 0 aromatic heterocycles. The molecule has 0 spiro atoms. The van der Waals surface area contributed by atoms with Crippen molar-refractivity contribution in [2.45, 2.75) is 27.2 Å². The molecule has 0 aliphatic rings. The van der Waals surface area contributed by atoms with Crippen molar-refractivity contribution in [1.82, 2.24) is 0 Å². The molecule has 108 valence electrons. The Hall–Kier alpha value is -2.42. The van der Waals surface area contributed by atoms with Gasteiger partial charge < -0.3 is 5.32 Å². The van der Waals surface area contributed by atoms with E-state index in [9.17, 15) is 4.79 Å². The van der Waals surface area contributed by atoms with Gasteiger partial charge in [-0.05, 0) is 50.1 Å². The van der Waals surface area contributed by atoms with E-state index in [-0.39, 0.29) is 5.91 Å². The monoisotopic (exact) mass is 280 g/mol. The van der Waals surface area contributed by atoms with Crippen LogP contribution in [0, 0.1) is 13.8 Å². The molecule has 1 amide bonds. The highest BCUT2D eigenvalue weighted by atomic mass is 16.1. The molecule has 0 aliphatic heterocycles. The van der Waals surface area contributed by atoms with Crippen LogP contribution in [0.1, 0.15) is 34.8 Å². The number of nitrogens with zero attached hydrogens (tertiary/aromatic N) is 1. The van der Waals surface area contributed by atoms with Crippen molar-refractivity contribution in [3.8, 4) is 0 Å². The predicted octanol–water partition coefficient (Wildman–Crippen LogP) is 4.67. The second-order valence-corrected chi connectivity index (χ2v) is 5.04. The second kappa shape index (κ2) is 6.84. The molecule has 1 N–H and O–H groups in total. The quantitative estimate of drug-likeness (QED) is 0.812. The van der Waals surface area contributed by atoms with Gasteiger partial charge in [-0.2, -0.15) is 0 Å². The van der Waals surface area contributed by atoms with Gasteiger partial charge in [0.2, 0.25) is 0 Å². The number of amides is 1. The molecule has 2 rings (SSSR count). The molecule has 2 aromatic carbocycles. The van der Waals surface area contributed by atoms with Crippen LogP contribution >= 0.6 is 0 Å². The van der Waals surface area contributed by atoms with E-state index < -0.39 is 0 Å². The fourth-order valence-electron chi connectivity index (χ4n) is 1.92. The summed E-state index contributed by atoms with van der Waals surface area (Å²) < 4.78 is 0. The van der Waals surface area contributed by atoms with Gasteiger partial charge in [-0.25, -0.2) is 0 Å².